The van der Waals surface area contributed by atoms with Crippen molar-refractivity contribution in [2.24, 2.45) is 5.92 Å². The number of aromatic amines is 1. The number of aromatic nitrogens is 2. The number of H-pyrrole nitrogens is 1. The molecule has 1 aromatic rings. The van der Waals surface area contributed by atoms with Gasteiger partial charge >= 0.3 is 0 Å². The van der Waals surface area contributed by atoms with E-state index in [9.17, 15) is 13.2 Å². The van der Waals surface area contributed by atoms with Crippen LogP contribution in [0.4, 0.5) is 0 Å². The van der Waals surface area contributed by atoms with Crippen LogP contribution >= 0.6 is 0 Å². The Morgan fingerprint density at radius 1 is 0.935 bits per heavy atom. The molecule has 1 N–H and O–H groups in total. The normalized spacial score (nSPS) is 27.0. The summed E-state index contributed by atoms with van der Waals surface area (Å²) in [4.78, 5) is 23.2. The minimum absolute atomic E-state index is 0.0845. The van der Waals surface area contributed by atoms with Crippen molar-refractivity contribution < 1.29 is 8.42 Å². The van der Waals surface area contributed by atoms with Crippen molar-refractivity contribution in [1.29, 1.82) is 0 Å². The Morgan fingerprint density at radius 3 is 2.48 bits per heavy atom. The molecular weight excluding hydrogens is 414 g/mol. The summed E-state index contributed by atoms with van der Waals surface area (Å²) in [6.45, 7) is 4.35. The van der Waals surface area contributed by atoms with Gasteiger partial charge < -0.3 is 4.98 Å². The molecule has 8 nitrogen and oxygen atoms in total. The second kappa shape index (κ2) is 8.92. The van der Waals surface area contributed by atoms with Gasteiger partial charge in [-0.1, -0.05) is 19.3 Å². The molecule has 9 heteroatoms. The Bertz CT molecular complexity index is 950. The molecule has 0 aromatic carbocycles. The van der Waals surface area contributed by atoms with Crippen LogP contribution in [0, 0.1) is 5.92 Å². The van der Waals surface area contributed by atoms with Crippen molar-refractivity contribution in [3.8, 4) is 0 Å². The van der Waals surface area contributed by atoms with Crippen LogP contribution < -0.4 is 5.56 Å². The zero-order chi connectivity index (χ0) is 21.4. The smallest absolute Gasteiger partial charge is 0.282 e. The lowest BCUT2D eigenvalue weighted by Gasteiger charge is -2.33. The van der Waals surface area contributed by atoms with Crippen LogP contribution in [0.3, 0.4) is 0 Å². The molecule has 1 atom stereocenters. The minimum Gasteiger partial charge on any atom is -0.309 e. The van der Waals surface area contributed by atoms with Gasteiger partial charge in [0.25, 0.3) is 15.8 Å². The number of nitrogens with one attached hydrogen (secondary N) is 1. The second-order valence-electron chi connectivity index (χ2n) is 9.75. The predicted octanol–water partition coefficient (Wildman–Crippen LogP) is 2.19. The van der Waals surface area contributed by atoms with Gasteiger partial charge in [0.2, 0.25) is 0 Å². The third kappa shape index (κ3) is 4.34. The largest absolute Gasteiger partial charge is 0.309 e. The van der Waals surface area contributed by atoms with Gasteiger partial charge in [0, 0.05) is 45.7 Å². The standard InChI is InChI=1S/C22H35N5O3S/c28-22-18-16-25(15-17-7-2-1-3-8-17)14-10-19(18)23-21(24-22)20-9-6-13-27(20)31(29,30)26-11-4-5-12-26/h17,20H,1-16H2,(H,23,24,28)/t20-/m0/s1. The van der Waals surface area contributed by atoms with Gasteiger partial charge in [-0.25, -0.2) is 4.98 Å². The number of rotatable bonds is 5. The molecule has 4 heterocycles. The molecule has 0 radical (unpaired) electrons. The van der Waals surface area contributed by atoms with Crippen LogP contribution in [0.5, 0.6) is 0 Å². The number of nitrogens with zero attached hydrogens (tertiary/aromatic N) is 4. The van der Waals surface area contributed by atoms with Crippen molar-refractivity contribution in [2.45, 2.75) is 76.8 Å². The molecule has 5 rings (SSSR count). The van der Waals surface area contributed by atoms with Crippen molar-refractivity contribution in [2.75, 3.05) is 32.7 Å². The Labute approximate surface area is 185 Å². The fourth-order valence-electron chi connectivity index (χ4n) is 5.91. The molecular formula is C22H35N5O3S. The van der Waals surface area contributed by atoms with Crippen molar-refractivity contribution in [1.82, 2.24) is 23.5 Å². The maximum Gasteiger partial charge on any atom is 0.282 e. The van der Waals surface area contributed by atoms with E-state index >= 15 is 0 Å². The fourth-order valence-corrected chi connectivity index (χ4v) is 7.81. The topological polar surface area (TPSA) is 89.6 Å². The Balaban J connectivity index is 1.34. The van der Waals surface area contributed by atoms with Crippen LogP contribution in [0.25, 0.3) is 0 Å². The van der Waals surface area contributed by atoms with Gasteiger partial charge in [0.15, 0.2) is 0 Å². The molecule has 1 aromatic heterocycles. The summed E-state index contributed by atoms with van der Waals surface area (Å²) < 4.78 is 29.5. The molecule has 2 saturated heterocycles. The molecule has 3 fully saturated rings. The molecule has 4 aliphatic rings. The minimum atomic E-state index is -3.50. The first kappa shape index (κ1) is 21.6. The van der Waals surface area contributed by atoms with E-state index in [1.807, 2.05) is 0 Å². The highest BCUT2D eigenvalue weighted by atomic mass is 32.2. The van der Waals surface area contributed by atoms with Gasteiger partial charge in [-0.2, -0.15) is 17.0 Å². The molecule has 0 spiro atoms. The first-order valence-corrected chi connectivity index (χ1v) is 13.5. The van der Waals surface area contributed by atoms with Crippen LogP contribution in [0.1, 0.15) is 80.9 Å². The molecule has 3 aliphatic heterocycles. The molecule has 31 heavy (non-hydrogen) atoms. The van der Waals surface area contributed by atoms with Crippen molar-refractivity contribution in [3.05, 3.63) is 27.4 Å². The summed E-state index contributed by atoms with van der Waals surface area (Å²) in [6, 6.07) is -0.358. The van der Waals surface area contributed by atoms with Crippen molar-refractivity contribution >= 4 is 10.2 Å². The molecule has 172 valence electrons. The van der Waals surface area contributed by atoms with Gasteiger partial charge in [0.1, 0.15) is 5.82 Å². The molecule has 1 saturated carbocycles. The van der Waals surface area contributed by atoms with Crippen LogP contribution in [-0.2, 0) is 23.2 Å². The summed E-state index contributed by atoms with van der Waals surface area (Å²) in [7, 11) is -3.50. The zero-order valence-electron chi connectivity index (χ0n) is 18.4. The summed E-state index contributed by atoms with van der Waals surface area (Å²) in [5.41, 5.74) is 1.56. The average molecular weight is 450 g/mol. The van der Waals surface area contributed by atoms with Gasteiger partial charge in [-0.15, -0.1) is 0 Å². The second-order valence-corrected chi connectivity index (χ2v) is 11.6. The van der Waals surface area contributed by atoms with Gasteiger partial charge in [0.05, 0.1) is 17.3 Å². The molecule has 0 bridgehead atoms. The monoisotopic (exact) mass is 449 g/mol. The van der Waals surface area contributed by atoms with E-state index in [1.54, 1.807) is 8.61 Å². The summed E-state index contributed by atoms with van der Waals surface area (Å²) in [6.07, 6.45) is 10.8. The van der Waals surface area contributed by atoms with Crippen LogP contribution in [0.15, 0.2) is 4.79 Å². The van der Waals surface area contributed by atoms with Crippen LogP contribution in [0.2, 0.25) is 0 Å². The fraction of sp³-hybridized carbons (Fsp3) is 0.818. The lowest BCUT2D eigenvalue weighted by Crippen LogP contribution is -2.43. The summed E-state index contributed by atoms with van der Waals surface area (Å²) >= 11 is 0. The van der Waals surface area contributed by atoms with E-state index < -0.39 is 10.2 Å². The van der Waals surface area contributed by atoms with E-state index in [-0.39, 0.29) is 11.6 Å². The van der Waals surface area contributed by atoms with Gasteiger partial charge in [-0.05, 0) is 44.4 Å². The zero-order valence-corrected chi connectivity index (χ0v) is 19.2. The SMILES string of the molecule is O=c1[nH]c([C@@H]2CCCN2S(=O)(=O)N2CCCC2)nc2c1CN(CC1CCCCC1)CC2. The Morgan fingerprint density at radius 2 is 1.71 bits per heavy atom. The summed E-state index contributed by atoms with van der Waals surface area (Å²) in [5, 5.41) is 0. The number of hydrogen-bond acceptors (Lipinski definition) is 5. The van der Waals surface area contributed by atoms with Crippen molar-refractivity contribution in [3.63, 3.8) is 0 Å². The highest BCUT2D eigenvalue weighted by molar-refractivity contribution is 7.86. The number of fused-ring (bicyclic) bond motifs is 1. The highest BCUT2D eigenvalue weighted by Gasteiger charge is 2.41. The Hall–Kier alpha value is -1.29. The van der Waals surface area contributed by atoms with E-state index in [1.165, 1.54) is 32.1 Å². The molecule has 0 unspecified atom stereocenters. The third-order valence-corrected chi connectivity index (χ3v) is 9.66. The Kier molecular flexibility index (Phi) is 6.20. The van der Waals surface area contributed by atoms with E-state index in [0.29, 0.717) is 38.4 Å². The molecule has 0 amide bonds. The number of hydrogen-bond donors (Lipinski definition) is 1. The first-order chi connectivity index (χ1) is 15.0. The quantitative estimate of drug-likeness (QED) is 0.744. The van der Waals surface area contributed by atoms with E-state index in [0.717, 1.165) is 55.9 Å². The first-order valence-electron chi connectivity index (χ1n) is 12.1. The van der Waals surface area contributed by atoms with E-state index in [4.69, 9.17) is 4.98 Å². The average Bonchev–Trinajstić information content (AvgIpc) is 3.48. The van der Waals surface area contributed by atoms with E-state index in [2.05, 4.69) is 9.88 Å². The third-order valence-electron chi connectivity index (χ3n) is 7.61. The predicted molar refractivity (Wildman–Crippen MR) is 119 cm³/mol. The maximum absolute atomic E-state index is 13.2. The molecule has 1 aliphatic carbocycles. The lowest BCUT2D eigenvalue weighted by molar-refractivity contribution is 0.184. The summed E-state index contributed by atoms with van der Waals surface area (Å²) in [5.74, 6) is 1.29. The van der Waals surface area contributed by atoms with Crippen LogP contribution in [-0.4, -0.2) is 64.6 Å². The van der Waals surface area contributed by atoms with Gasteiger partial charge in [-0.3, -0.25) is 9.69 Å². The maximum atomic E-state index is 13.2. The highest BCUT2D eigenvalue weighted by Crippen LogP contribution is 2.35. The lowest BCUT2D eigenvalue weighted by atomic mass is 9.88.